The number of phenols is 1. The molecule has 0 spiro atoms. The fraction of sp³-hybridized carbons (Fsp3) is 0.158. The zero-order valence-electron chi connectivity index (χ0n) is 13.0. The molecule has 0 saturated carbocycles. The summed E-state index contributed by atoms with van der Waals surface area (Å²) >= 11 is 0. The molecule has 3 aromatic carbocycles. The van der Waals surface area contributed by atoms with Gasteiger partial charge in [-0.15, -0.1) is 5.11 Å². The molecule has 0 heterocycles. The number of aryl methyl sites for hydroxylation is 3. The second-order valence-electron chi connectivity index (χ2n) is 5.60. The van der Waals surface area contributed by atoms with Crippen molar-refractivity contribution in [1.82, 2.24) is 0 Å². The Morgan fingerprint density at radius 1 is 0.727 bits per heavy atom. The van der Waals surface area contributed by atoms with Gasteiger partial charge in [0.15, 0.2) is 5.75 Å². The van der Waals surface area contributed by atoms with Gasteiger partial charge in [-0.3, -0.25) is 0 Å². The molecule has 0 bridgehead atoms. The molecular formula is C19H18N2O. The summed E-state index contributed by atoms with van der Waals surface area (Å²) in [4.78, 5) is 0. The smallest absolute Gasteiger partial charge is 0.150 e. The van der Waals surface area contributed by atoms with Crippen molar-refractivity contribution in [1.29, 1.82) is 0 Å². The predicted molar refractivity (Wildman–Crippen MR) is 90.4 cm³/mol. The molecule has 0 amide bonds. The average Bonchev–Trinajstić information content (AvgIpc) is 2.51. The minimum atomic E-state index is 0.176. The first-order chi connectivity index (χ1) is 10.6. The summed E-state index contributed by atoms with van der Waals surface area (Å²) in [5, 5.41) is 20.8. The van der Waals surface area contributed by atoms with E-state index in [4.69, 9.17) is 0 Å². The Labute approximate surface area is 130 Å². The Balaban J connectivity index is 2.07. The number of benzene rings is 3. The largest absolute Gasteiger partial charge is 0.505 e. The number of hydrogen-bond acceptors (Lipinski definition) is 3. The molecule has 0 aromatic heterocycles. The van der Waals surface area contributed by atoms with Crippen LogP contribution in [0.25, 0.3) is 10.8 Å². The summed E-state index contributed by atoms with van der Waals surface area (Å²) in [6, 6.07) is 15.7. The molecule has 110 valence electrons. The summed E-state index contributed by atoms with van der Waals surface area (Å²) in [7, 11) is 0. The lowest BCUT2D eigenvalue weighted by molar-refractivity contribution is 0.482. The van der Waals surface area contributed by atoms with Crippen molar-refractivity contribution >= 4 is 22.1 Å². The zero-order valence-corrected chi connectivity index (χ0v) is 13.0. The van der Waals surface area contributed by atoms with E-state index in [2.05, 4.69) is 16.3 Å². The van der Waals surface area contributed by atoms with Crippen LogP contribution in [0.1, 0.15) is 16.7 Å². The Hall–Kier alpha value is -2.68. The van der Waals surface area contributed by atoms with Crippen LogP contribution in [-0.2, 0) is 0 Å². The molecule has 1 N–H and O–H groups in total. The molecule has 3 aromatic rings. The summed E-state index contributed by atoms with van der Waals surface area (Å²) in [5.41, 5.74) is 4.65. The molecule has 3 rings (SSSR count). The number of aromatic hydroxyl groups is 1. The van der Waals surface area contributed by atoms with Gasteiger partial charge in [0.25, 0.3) is 0 Å². The van der Waals surface area contributed by atoms with E-state index in [1.807, 2.05) is 63.2 Å². The monoisotopic (exact) mass is 290 g/mol. The number of fused-ring (bicyclic) bond motifs is 1. The van der Waals surface area contributed by atoms with Gasteiger partial charge in [0.2, 0.25) is 0 Å². The highest BCUT2D eigenvalue weighted by Gasteiger charge is 2.08. The number of hydrogen-bond donors (Lipinski definition) is 1. The van der Waals surface area contributed by atoms with Crippen LogP contribution in [0.2, 0.25) is 0 Å². The van der Waals surface area contributed by atoms with Crippen LogP contribution in [0, 0.1) is 20.8 Å². The molecule has 0 aliphatic rings. The van der Waals surface area contributed by atoms with E-state index in [1.54, 1.807) is 0 Å². The van der Waals surface area contributed by atoms with Gasteiger partial charge >= 0.3 is 0 Å². The zero-order chi connectivity index (χ0) is 15.7. The molecule has 0 saturated heterocycles. The van der Waals surface area contributed by atoms with Gasteiger partial charge in [0, 0.05) is 5.39 Å². The van der Waals surface area contributed by atoms with E-state index < -0.39 is 0 Å². The Kier molecular flexibility index (Phi) is 3.63. The lowest BCUT2D eigenvalue weighted by Gasteiger charge is -2.07. The van der Waals surface area contributed by atoms with Crippen LogP contribution < -0.4 is 0 Å². The summed E-state index contributed by atoms with van der Waals surface area (Å²) < 4.78 is 0. The van der Waals surface area contributed by atoms with E-state index in [0.29, 0.717) is 5.69 Å². The van der Waals surface area contributed by atoms with Crippen LogP contribution in [0.15, 0.2) is 58.8 Å². The maximum atomic E-state index is 10.4. The Morgan fingerprint density at radius 3 is 2.14 bits per heavy atom. The third-order valence-electron chi connectivity index (χ3n) is 3.82. The first kappa shape index (κ1) is 14.3. The summed E-state index contributed by atoms with van der Waals surface area (Å²) in [6.07, 6.45) is 0. The van der Waals surface area contributed by atoms with Crippen LogP contribution >= 0.6 is 0 Å². The Bertz CT molecular complexity index is 882. The molecule has 0 fully saturated rings. The normalized spacial score (nSPS) is 11.4. The van der Waals surface area contributed by atoms with Crippen molar-refractivity contribution in [2.75, 3.05) is 0 Å². The van der Waals surface area contributed by atoms with Gasteiger partial charge in [-0.2, -0.15) is 5.11 Å². The van der Waals surface area contributed by atoms with Gasteiger partial charge in [-0.1, -0.05) is 42.0 Å². The third-order valence-corrected chi connectivity index (χ3v) is 3.82. The summed E-state index contributed by atoms with van der Waals surface area (Å²) in [5.74, 6) is 0.176. The molecule has 0 aliphatic heterocycles. The quantitative estimate of drug-likeness (QED) is 0.588. The van der Waals surface area contributed by atoms with Crippen molar-refractivity contribution < 1.29 is 5.11 Å². The second kappa shape index (κ2) is 5.60. The van der Waals surface area contributed by atoms with Crippen LogP contribution in [0.5, 0.6) is 5.75 Å². The van der Waals surface area contributed by atoms with Gasteiger partial charge in [-0.05, 0) is 49.4 Å². The van der Waals surface area contributed by atoms with Gasteiger partial charge in [0.1, 0.15) is 5.69 Å². The molecule has 22 heavy (non-hydrogen) atoms. The molecule has 0 aliphatic carbocycles. The van der Waals surface area contributed by atoms with Crippen LogP contribution in [0.3, 0.4) is 0 Å². The lowest BCUT2D eigenvalue weighted by atomic mass is 10.0. The predicted octanol–water partition coefficient (Wildman–Crippen LogP) is 5.89. The van der Waals surface area contributed by atoms with Crippen LogP contribution in [-0.4, -0.2) is 5.11 Å². The lowest BCUT2D eigenvalue weighted by Crippen LogP contribution is -1.80. The Morgan fingerprint density at radius 2 is 1.41 bits per heavy atom. The molecule has 0 unspecified atom stereocenters. The van der Waals surface area contributed by atoms with E-state index in [1.165, 1.54) is 5.56 Å². The first-order valence-electron chi connectivity index (χ1n) is 7.26. The molecule has 0 radical (unpaired) electrons. The average molecular weight is 290 g/mol. The molecule has 3 nitrogen and oxygen atoms in total. The van der Waals surface area contributed by atoms with Crippen molar-refractivity contribution in [2.24, 2.45) is 10.2 Å². The SMILES string of the molecule is Cc1ccc(N=Nc2cc(C)c3ccccc3c2O)c(C)c1. The van der Waals surface area contributed by atoms with E-state index in [-0.39, 0.29) is 5.75 Å². The van der Waals surface area contributed by atoms with Crippen molar-refractivity contribution in [3.8, 4) is 5.75 Å². The van der Waals surface area contributed by atoms with Crippen molar-refractivity contribution in [3.63, 3.8) is 0 Å². The van der Waals surface area contributed by atoms with Gasteiger partial charge in [0.05, 0.1) is 5.69 Å². The summed E-state index contributed by atoms with van der Waals surface area (Å²) in [6.45, 7) is 6.07. The molecule has 3 heteroatoms. The highest BCUT2D eigenvalue weighted by atomic mass is 16.3. The third kappa shape index (κ3) is 2.58. The van der Waals surface area contributed by atoms with E-state index in [0.717, 1.165) is 27.6 Å². The van der Waals surface area contributed by atoms with E-state index >= 15 is 0 Å². The number of nitrogens with zero attached hydrogens (tertiary/aromatic N) is 2. The topological polar surface area (TPSA) is 45.0 Å². The van der Waals surface area contributed by atoms with E-state index in [9.17, 15) is 5.11 Å². The standard InChI is InChI=1S/C19H18N2O/c1-12-8-9-17(14(3)10-12)20-21-18-11-13(2)15-6-4-5-7-16(15)19(18)22/h4-11,22H,1-3H3. The number of phenolic OH excluding ortho intramolecular Hbond substituents is 1. The maximum absolute atomic E-state index is 10.4. The second-order valence-corrected chi connectivity index (χ2v) is 5.60. The van der Waals surface area contributed by atoms with Gasteiger partial charge < -0.3 is 5.11 Å². The maximum Gasteiger partial charge on any atom is 0.150 e. The van der Waals surface area contributed by atoms with Crippen LogP contribution in [0.4, 0.5) is 11.4 Å². The molecule has 0 atom stereocenters. The minimum absolute atomic E-state index is 0.176. The van der Waals surface area contributed by atoms with Crippen molar-refractivity contribution in [2.45, 2.75) is 20.8 Å². The highest BCUT2D eigenvalue weighted by Crippen LogP contribution is 2.37. The fourth-order valence-electron chi connectivity index (χ4n) is 2.62. The first-order valence-corrected chi connectivity index (χ1v) is 7.26. The minimum Gasteiger partial charge on any atom is -0.505 e. The fourth-order valence-corrected chi connectivity index (χ4v) is 2.62. The van der Waals surface area contributed by atoms with Crippen molar-refractivity contribution in [3.05, 3.63) is 65.2 Å². The number of azo groups is 1. The molecular weight excluding hydrogens is 272 g/mol. The number of rotatable bonds is 2. The van der Waals surface area contributed by atoms with Gasteiger partial charge in [-0.25, -0.2) is 0 Å². The highest BCUT2D eigenvalue weighted by molar-refractivity contribution is 5.94.